The molecule has 2 amide bonds. The number of carbonyl (C=O) groups excluding carboxylic acids is 2. The van der Waals surface area contributed by atoms with Gasteiger partial charge in [-0.2, -0.15) is 0 Å². The summed E-state index contributed by atoms with van der Waals surface area (Å²) >= 11 is 1.60. The zero-order chi connectivity index (χ0) is 22.9. The van der Waals surface area contributed by atoms with Crippen LogP contribution in [0.3, 0.4) is 0 Å². The number of halogens is 1. The van der Waals surface area contributed by atoms with Gasteiger partial charge in [0.25, 0.3) is 0 Å². The molecule has 1 aromatic carbocycles. The third kappa shape index (κ3) is 5.67. The normalized spacial score (nSPS) is 20.4. The molecular weight excluding hydrogens is 448 g/mol. The molecule has 176 valence electrons. The SMILES string of the molecule is Cc1ncsc1-c1ccc([C@H](C)NC(=O)[C@@H]2C[C@H](O)CN2C(=O)C(N)C(C)(C)C)cc1.Cl. The molecule has 4 N–H and O–H groups in total. The molecule has 0 bridgehead atoms. The van der Waals surface area contributed by atoms with Gasteiger partial charge in [-0.1, -0.05) is 45.0 Å². The molecule has 4 atom stereocenters. The Morgan fingerprint density at radius 3 is 2.44 bits per heavy atom. The van der Waals surface area contributed by atoms with Gasteiger partial charge < -0.3 is 21.1 Å². The first-order valence-electron chi connectivity index (χ1n) is 10.5. The Kier molecular flexibility index (Phi) is 8.44. The lowest BCUT2D eigenvalue weighted by atomic mass is 9.86. The summed E-state index contributed by atoms with van der Waals surface area (Å²) in [6, 6.07) is 6.32. The van der Waals surface area contributed by atoms with Crippen molar-refractivity contribution in [3.05, 3.63) is 41.0 Å². The first kappa shape index (κ1) is 26.3. The molecule has 1 aromatic heterocycles. The minimum absolute atomic E-state index is 0. The van der Waals surface area contributed by atoms with Gasteiger partial charge in [-0.3, -0.25) is 9.59 Å². The average Bonchev–Trinajstić information content (AvgIpc) is 3.31. The second kappa shape index (κ2) is 10.3. The number of carbonyl (C=O) groups is 2. The monoisotopic (exact) mass is 480 g/mol. The maximum atomic E-state index is 13.0. The van der Waals surface area contributed by atoms with E-state index in [9.17, 15) is 14.7 Å². The van der Waals surface area contributed by atoms with Crippen LogP contribution in [0.4, 0.5) is 0 Å². The highest BCUT2D eigenvalue weighted by Crippen LogP contribution is 2.29. The molecule has 0 aliphatic carbocycles. The van der Waals surface area contributed by atoms with Crippen molar-refractivity contribution in [2.75, 3.05) is 6.54 Å². The molecule has 1 unspecified atom stereocenters. The fourth-order valence-corrected chi connectivity index (χ4v) is 4.56. The van der Waals surface area contributed by atoms with Crippen molar-refractivity contribution in [1.29, 1.82) is 0 Å². The Hall–Kier alpha value is -2.00. The summed E-state index contributed by atoms with van der Waals surface area (Å²) in [5, 5.41) is 13.1. The predicted molar refractivity (Wildman–Crippen MR) is 130 cm³/mol. The van der Waals surface area contributed by atoms with E-state index in [-0.39, 0.29) is 43.2 Å². The van der Waals surface area contributed by atoms with Gasteiger partial charge in [0, 0.05) is 13.0 Å². The molecule has 0 saturated carbocycles. The van der Waals surface area contributed by atoms with Crippen LogP contribution in [0.25, 0.3) is 10.4 Å². The van der Waals surface area contributed by atoms with Crippen LogP contribution >= 0.6 is 23.7 Å². The van der Waals surface area contributed by atoms with E-state index in [1.54, 1.807) is 11.3 Å². The van der Waals surface area contributed by atoms with Crippen molar-refractivity contribution in [3.63, 3.8) is 0 Å². The second-order valence-electron chi connectivity index (χ2n) is 9.36. The van der Waals surface area contributed by atoms with Crippen LogP contribution in [-0.4, -0.2) is 51.5 Å². The van der Waals surface area contributed by atoms with Gasteiger partial charge in [-0.15, -0.1) is 23.7 Å². The minimum atomic E-state index is -0.742. The molecule has 2 aromatic rings. The van der Waals surface area contributed by atoms with Crippen molar-refractivity contribution in [2.24, 2.45) is 11.1 Å². The number of benzene rings is 1. The summed E-state index contributed by atoms with van der Waals surface area (Å²) in [7, 11) is 0. The molecule has 0 radical (unpaired) electrons. The average molecular weight is 481 g/mol. The topological polar surface area (TPSA) is 109 Å². The first-order chi connectivity index (χ1) is 14.5. The number of hydrogen-bond donors (Lipinski definition) is 3. The van der Waals surface area contributed by atoms with Gasteiger partial charge >= 0.3 is 0 Å². The number of amides is 2. The lowest BCUT2D eigenvalue weighted by Gasteiger charge is -2.32. The molecule has 3 rings (SSSR count). The van der Waals surface area contributed by atoms with Crippen molar-refractivity contribution in [2.45, 2.75) is 65.3 Å². The van der Waals surface area contributed by atoms with Crippen molar-refractivity contribution in [1.82, 2.24) is 15.2 Å². The van der Waals surface area contributed by atoms with Gasteiger partial charge in [0.2, 0.25) is 11.8 Å². The van der Waals surface area contributed by atoms with Crippen LogP contribution in [0.1, 0.15) is 51.4 Å². The van der Waals surface area contributed by atoms with E-state index in [0.29, 0.717) is 0 Å². The summed E-state index contributed by atoms with van der Waals surface area (Å²) in [6.45, 7) is 9.67. The predicted octanol–water partition coefficient (Wildman–Crippen LogP) is 3.05. The Morgan fingerprint density at radius 2 is 1.91 bits per heavy atom. The number of β-amino-alcohol motifs (C(OH)–C–C–N with tert-alkyl or cyclic N) is 1. The van der Waals surface area contributed by atoms with E-state index in [4.69, 9.17) is 5.73 Å². The number of thiazole rings is 1. The zero-order valence-electron chi connectivity index (χ0n) is 19.2. The molecule has 9 heteroatoms. The van der Waals surface area contributed by atoms with Crippen molar-refractivity contribution in [3.8, 4) is 10.4 Å². The first-order valence-corrected chi connectivity index (χ1v) is 11.4. The van der Waals surface area contributed by atoms with E-state index in [1.165, 1.54) is 4.90 Å². The summed E-state index contributed by atoms with van der Waals surface area (Å²) < 4.78 is 0. The van der Waals surface area contributed by atoms with E-state index >= 15 is 0 Å². The molecule has 32 heavy (non-hydrogen) atoms. The molecule has 1 saturated heterocycles. The second-order valence-corrected chi connectivity index (χ2v) is 10.2. The largest absolute Gasteiger partial charge is 0.391 e. The third-order valence-electron chi connectivity index (χ3n) is 5.84. The molecule has 1 fully saturated rings. The summed E-state index contributed by atoms with van der Waals surface area (Å²) in [4.78, 5) is 32.7. The van der Waals surface area contributed by atoms with Crippen LogP contribution in [0.2, 0.25) is 0 Å². The number of nitrogens with zero attached hydrogens (tertiary/aromatic N) is 2. The van der Waals surface area contributed by atoms with Crippen LogP contribution in [0.15, 0.2) is 29.8 Å². The van der Waals surface area contributed by atoms with E-state index in [2.05, 4.69) is 10.3 Å². The number of nitrogens with one attached hydrogen (secondary N) is 1. The lowest BCUT2D eigenvalue weighted by Crippen LogP contribution is -2.55. The zero-order valence-corrected chi connectivity index (χ0v) is 20.8. The third-order valence-corrected chi connectivity index (χ3v) is 6.82. The van der Waals surface area contributed by atoms with Crippen molar-refractivity contribution >= 4 is 35.6 Å². The Morgan fingerprint density at radius 1 is 1.28 bits per heavy atom. The maximum Gasteiger partial charge on any atom is 0.243 e. The lowest BCUT2D eigenvalue weighted by molar-refractivity contribution is -0.141. The van der Waals surface area contributed by atoms with Crippen LogP contribution in [-0.2, 0) is 9.59 Å². The Balaban J connectivity index is 0.00000363. The fraction of sp³-hybridized carbons (Fsp3) is 0.522. The van der Waals surface area contributed by atoms with Crippen LogP contribution in [0, 0.1) is 12.3 Å². The van der Waals surface area contributed by atoms with Gasteiger partial charge in [0.05, 0.1) is 34.3 Å². The number of nitrogens with two attached hydrogens (primary N) is 1. The highest BCUT2D eigenvalue weighted by atomic mass is 35.5. The number of aryl methyl sites for hydroxylation is 1. The fourth-order valence-electron chi connectivity index (χ4n) is 3.75. The molecular formula is C23H33ClN4O3S. The van der Waals surface area contributed by atoms with Gasteiger partial charge in [0.1, 0.15) is 6.04 Å². The number of aromatic nitrogens is 1. The maximum absolute atomic E-state index is 13.0. The molecule has 7 nitrogen and oxygen atoms in total. The van der Waals surface area contributed by atoms with Crippen molar-refractivity contribution < 1.29 is 14.7 Å². The van der Waals surface area contributed by atoms with E-state index in [1.807, 2.05) is 64.4 Å². The number of aliphatic hydroxyl groups is 1. The highest BCUT2D eigenvalue weighted by molar-refractivity contribution is 7.13. The highest BCUT2D eigenvalue weighted by Gasteiger charge is 2.42. The molecule has 0 spiro atoms. The number of hydrogen-bond acceptors (Lipinski definition) is 6. The summed E-state index contributed by atoms with van der Waals surface area (Å²) in [5.74, 6) is -0.581. The Bertz CT molecular complexity index is 941. The van der Waals surface area contributed by atoms with Gasteiger partial charge in [0.15, 0.2) is 0 Å². The molecule has 2 heterocycles. The number of likely N-dealkylation sites (tertiary alicyclic amines) is 1. The van der Waals surface area contributed by atoms with E-state index in [0.717, 1.165) is 21.7 Å². The summed E-state index contributed by atoms with van der Waals surface area (Å²) in [6.07, 6.45) is -0.519. The van der Waals surface area contributed by atoms with E-state index < -0.39 is 23.6 Å². The molecule has 1 aliphatic heterocycles. The minimum Gasteiger partial charge on any atom is -0.391 e. The van der Waals surface area contributed by atoms with Crippen LogP contribution in [0.5, 0.6) is 0 Å². The smallest absolute Gasteiger partial charge is 0.243 e. The number of rotatable bonds is 5. The number of aliphatic hydroxyl groups excluding tert-OH is 1. The Labute approximate surface area is 199 Å². The van der Waals surface area contributed by atoms with Gasteiger partial charge in [-0.25, -0.2) is 4.98 Å². The van der Waals surface area contributed by atoms with Crippen LogP contribution < -0.4 is 11.1 Å². The summed E-state index contributed by atoms with van der Waals surface area (Å²) in [5.41, 5.74) is 10.6. The van der Waals surface area contributed by atoms with Gasteiger partial charge in [-0.05, 0) is 30.4 Å². The standard InChI is InChI=1S/C23H32N4O3S.ClH/c1-13(15-6-8-16(9-7-15)19-14(2)25-12-31-19)26-21(29)18-10-17(28)11-27(18)22(30)20(24)23(3,4)5;/h6-9,12-13,17-18,20,28H,10-11,24H2,1-5H3,(H,26,29);1H/t13-,17-,18-,20?;/m0./s1. The quantitative estimate of drug-likeness (QED) is 0.609. The molecule has 1 aliphatic rings.